The van der Waals surface area contributed by atoms with Crippen LogP contribution in [0.3, 0.4) is 0 Å². The number of nitrogens with zero attached hydrogens (tertiary/aromatic N) is 3. The molecule has 5 nitrogen and oxygen atoms in total. The van der Waals surface area contributed by atoms with Gasteiger partial charge in [0.05, 0.1) is 25.1 Å². The number of likely N-dealkylation sites (tertiary alicyclic amines) is 1. The summed E-state index contributed by atoms with van der Waals surface area (Å²) in [4.78, 5) is 22.5. The number of hydrogen-bond acceptors (Lipinski definition) is 4. The molecule has 2 aromatic rings. The highest BCUT2D eigenvalue weighted by atomic mass is 16.5. The molecule has 120 valence electrons. The Labute approximate surface area is 136 Å². The van der Waals surface area contributed by atoms with Crippen LogP contribution in [-0.4, -0.2) is 40.5 Å². The zero-order chi connectivity index (χ0) is 16.1. The van der Waals surface area contributed by atoms with E-state index in [1.165, 1.54) is 5.56 Å². The minimum atomic E-state index is -0.0388. The van der Waals surface area contributed by atoms with E-state index in [1.807, 2.05) is 30.0 Å². The topological polar surface area (TPSA) is 55.3 Å². The van der Waals surface area contributed by atoms with E-state index in [-0.39, 0.29) is 5.91 Å². The van der Waals surface area contributed by atoms with Crippen molar-refractivity contribution in [2.75, 3.05) is 19.7 Å². The predicted molar refractivity (Wildman–Crippen MR) is 86.9 cm³/mol. The van der Waals surface area contributed by atoms with E-state index in [1.54, 1.807) is 12.4 Å². The summed E-state index contributed by atoms with van der Waals surface area (Å²) < 4.78 is 5.79. The van der Waals surface area contributed by atoms with Crippen LogP contribution in [0, 0.1) is 12.8 Å². The number of amides is 1. The Balaban J connectivity index is 1.46. The maximum atomic E-state index is 12.4. The largest absolute Gasteiger partial charge is 0.376 e. The van der Waals surface area contributed by atoms with Crippen molar-refractivity contribution in [1.82, 2.24) is 14.9 Å². The van der Waals surface area contributed by atoms with Gasteiger partial charge in [-0.1, -0.05) is 30.3 Å². The third-order valence-corrected chi connectivity index (χ3v) is 4.04. The van der Waals surface area contributed by atoms with Crippen LogP contribution in [0.25, 0.3) is 0 Å². The first-order chi connectivity index (χ1) is 11.2. The zero-order valence-corrected chi connectivity index (χ0v) is 13.3. The molecule has 23 heavy (non-hydrogen) atoms. The van der Waals surface area contributed by atoms with Gasteiger partial charge in [-0.15, -0.1) is 0 Å². The van der Waals surface area contributed by atoms with Gasteiger partial charge in [0.15, 0.2) is 0 Å². The Hall–Kier alpha value is -2.27. The summed E-state index contributed by atoms with van der Waals surface area (Å²) in [5, 5.41) is 0. The van der Waals surface area contributed by atoms with E-state index in [0.29, 0.717) is 24.8 Å². The summed E-state index contributed by atoms with van der Waals surface area (Å²) in [6.07, 6.45) is 4.15. The molecule has 0 radical (unpaired) electrons. The lowest BCUT2D eigenvalue weighted by molar-refractivity contribution is 0.0728. The second-order valence-electron chi connectivity index (χ2n) is 5.95. The van der Waals surface area contributed by atoms with Gasteiger partial charge < -0.3 is 9.64 Å². The second-order valence-corrected chi connectivity index (χ2v) is 5.95. The SMILES string of the molecule is Cc1cnc(C(=O)N2CC[C@H](COCc3ccccc3)C2)cn1. The van der Waals surface area contributed by atoms with Crippen molar-refractivity contribution in [3.05, 3.63) is 59.7 Å². The van der Waals surface area contributed by atoms with Gasteiger partial charge in [0, 0.05) is 25.2 Å². The molecule has 1 atom stereocenters. The van der Waals surface area contributed by atoms with Crippen molar-refractivity contribution in [3.63, 3.8) is 0 Å². The van der Waals surface area contributed by atoms with Crippen LogP contribution >= 0.6 is 0 Å². The predicted octanol–water partition coefficient (Wildman–Crippen LogP) is 2.46. The number of ether oxygens (including phenoxy) is 1. The molecule has 1 aromatic heterocycles. The Morgan fingerprint density at radius 3 is 2.83 bits per heavy atom. The Morgan fingerprint density at radius 1 is 1.26 bits per heavy atom. The monoisotopic (exact) mass is 311 g/mol. The molecule has 3 rings (SSSR count). The maximum absolute atomic E-state index is 12.4. The van der Waals surface area contributed by atoms with E-state index < -0.39 is 0 Å². The third kappa shape index (κ3) is 4.13. The lowest BCUT2D eigenvalue weighted by atomic mass is 10.1. The van der Waals surface area contributed by atoms with Crippen LogP contribution in [0.4, 0.5) is 0 Å². The Bertz CT molecular complexity index is 643. The Morgan fingerprint density at radius 2 is 2.09 bits per heavy atom. The zero-order valence-electron chi connectivity index (χ0n) is 13.3. The van der Waals surface area contributed by atoms with Crippen molar-refractivity contribution in [2.24, 2.45) is 5.92 Å². The summed E-state index contributed by atoms with van der Waals surface area (Å²) in [5.74, 6) is 0.351. The van der Waals surface area contributed by atoms with Gasteiger partial charge >= 0.3 is 0 Å². The van der Waals surface area contributed by atoms with Crippen molar-refractivity contribution >= 4 is 5.91 Å². The first-order valence-corrected chi connectivity index (χ1v) is 7.92. The highest BCUT2D eigenvalue weighted by Crippen LogP contribution is 2.19. The highest BCUT2D eigenvalue weighted by molar-refractivity contribution is 5.92. The molecule has 1 amide bonds. The van der Waals surface area contributed by atoms with Crippen LogP contribution in [-0.2, 0) is 11.3 Å². The normalized spacial score (nSPS) is 17.4. The molecule has 1 saturated heterocycles. The van der Waals surface area contributed by atoms with Crippen LogP contribution in [0.5, 0.6) is 0 Å². The first kappa shape index (κ1) is 15.6. The molecule has 0 N–H and O–H groups in total. The second kappa shape index (κ2) is 7.33. The molecule has 0 spiro atoms. The number of aromatic nitrogens is 2. The summed E-state index contributed by atoms with van der Waals surface area (Å²) in [5.41, 5.74) is 2.41. The minimum absolute atomic E-state index is 0.0388. The van der Waals surface area contributed by atoms with Crippen molar-refractivity contribution in [1.29, 1.82) is 0 Å². The molecule has 0 aliphatic carbocycles. The number of benzene rings is 1. The molecule has 1 aromatic carbocycles. The van der Waals surface area contributed by atoms with Gasteiger partial charge in [0.25, 0.3) is 5.91 Å². The van der Waals surface area contributed by atoms with Gasteiger partial charge in [-0.25, -0.2) is 4.98 Å². The van der Waals surface area contributed by atoms with Gasteiger partial charge in [0.2, 0.25) is 0 Å². The fourth-order valence-corrected chi connectivity index (χ4v) is 2.74. The standard InChI is InChI=1S/C18H21N3O2/c1-14-9-20-17(10-19-14)18(22)21-8-7-16(11-21)13-23-12-15-5-3-2-4-6-15/h2-6,9-10,16H,7-8,11-13H2,1H3/t16-/m0/s1. The summed E-state index contributed by atoms with van der Waals surface area (Å²) in [6, 6.07) is 10.1. The average Bonchev–Trinajstić information content (AvgIpc) is 3.05. The average molecular weight is 311 g/mol. The molecule has 0 bridgehead atoms. The van der Waals surface area contributed by atoms with Gasteiger partial charge in [-0.3, -0.25) is 9.78 Å². The van der Waals surface area contributed by atoms with Crippen molar-refractivity contribution in [3.8, 4) is 0 Å². The first-order valence-electron chi connectivity index (χ1n) is 7.92. The van der Waals surface area contributed by atoms with Gasteiger partial charge in [-0.2, -0.15) is 0 Å². The smallest absolute Gasteiger partial charge is 0.274 e. The quantitative estimate of drug-likeness (QED) is 0.851. The molecule has 1 aliphatic rings. The minimum Gasteiger partial charge on any atom is -0.376 e. The lowest BCUT2D eigenvalue weighted by Gasteiger charge is -2.16. The number of aryl methyl sites for hydroxylation is 1. The van der Waals surface area contributed by atoms with Crippen molar-refractivity contribution < 1.29 is 9.53 Å². The van der Waals surface area contributed by atoms with E-state index in [4.69, 9.17) is 4.74 Å². The van der Waals surface area contributed by atoms with Crippen LogP contribution in [0.15, 0.2) is 42.7 Å². The maximum Gasteiger partial charge on any atom is 0.274 e. The molecular formula is C18H21N3O2. The van der Waals surface area contributed by atoms with Crippen LogP contribution < -0.4 is 0 Å². The van der Waals surface area contributed by atoms with E-state index in [0.717, 1.165) is 25.2 Å². The van der Waals surface area contributed by atoms with Gasteiger partial charge in [0.1, 0.15) is 5.69 Å². The molecule has 0 saturated carbocycles. The fourth-order valence-electron chi connectivity index (χ4n) is 2.74. The van der Waals surface area contributed by atoms with E-state index >= 15 is 0 Å². The number of carbonyl (C=O) groups is 1. The fraction of sp³-hybridized carbons (Fsp3) is 0.389. The number of rotatable bonds is 5. The molecule has 2 heterocycles. The van der Waals surface area contributed by atoms with Gasteiger partial charge in [-0.05, 0) is 18.9 Å². The Kier molecular flexibility index (Phi) is 4.98. The lowest BCUT2D eigenvalue weighted by Crippen LogP contribution is -2.30. The van der Waals surface area contributed by atoms with Crippen molar-refractivity contribution in [2.45, 2.75) is 20.0 Å². The van der Waals surface area contributed by atoms with Crippen LogP contribution in [0.1, 0.15) is 28.2 Å². The molecule has 1 fully saturated rings. The number of carbonyl (C=O) groups excluding carboxylic acids is 1. The van der Waals surface area contributed by atoms with Crippen LogP contribution in [0.2, 0.25) is 0 Å². The van der Waals surface area contributed by atoms with E-state index in [9.17, 15) is 4.79 Å². The van der Waals surface area contributed by atoms with E-state index in [2.05, 4.69) is 22.1 Å². The summed E-state index contributed by atoms with van der Waals surface area (Å²) >= 11 is 0. The molecular weight excluding hydrogens is 290 g/mol. The summed E-state index contributed by atoms with van der Waals surface area (Å²) in [7, 11) is 0. The number of hydrogen-bond donors (Lipinski definition) is 0. The molecule has 1 aliphatic heterocycles. The molecule has 0 unspecified atom stereocenters. The highest BCUT2D eigenvalue weighted by Gasteiger charge is 2.27. The summed E-state index contributed by atoms with van der Waals surface area (Å²) in [6.45, 7) is 4.64. The third-order valence-electron chi connectivity index (χ3n) is 4.04. The molecule has 5 heteroatoms.